The maximum absolute atomic E-state index is 12.8. The van der Waals surface area contributed by atoms with Gasteiger partial charge in [-0.3, -0.25) is 0 Å². The Morgan fingerprint density at radius 3 is 2.59 bits per heavy atom. The molecule has 1 aliphatic rings. The fourth-order valence-corrected chi connectivity index (χ4v) is 3.80. The van der Waals surface area contributed by atoms with Crippen molar-refractivity contribution in [3.05, 3.63) is 87.7 Å². The first-order chi connectivity index (χ1) is 13.1. The van der Waals surface area contributed by atoms with Gasteiger partial charge in [0.25, 0.3) is 0 Å². The van der Waals surface area contributed by atoms with Gasteiger partial charge in [0.2, 0.25) is 5.88 Å². The first kappa shape index (κ1) is 17.6. The number of hydrogen-bond acceptors (Lipinski definition) is 4. The van der Waals surface area contributed by atoms with Crippen molar-refractivity contribution < 1.29 is 14.3 Å². The van der Waals surface area contributed by atoms with E-state index in [0.717, 1.165) is 26.4 Å². The van der Waals surface area contributed by atoms with Gasteiger partial charge in [0.15, 0.2) is 0 Å². The van der Waals surface area contributed by atoms with Crippen LogP contribution >= 0.6 is 15.9 Å². The van der Waals surface area contributed by atoms with E-state index in [-0.39, 0.29) is 18.4 Å². The summed E-state index contributed by atoms with van der Waals surface area (Å²) in [7, 11) is 0. The summed E-state index contributed by atoms with van der Waals surface area (Å²) in [5.41, 5.74) is 8.38. The maximum Gasteiger partial charge on any atom is 0.340 e. The van der Waals surface area contributed by atoms with Crippen LogP contribution in [0.5, 0.6) is 5.75 Å². The van der Waals surface area contributed by atoms with Crippen LogP contribution in [0.1, 0.15) is 24.0 Å². The van der Waals surface area contributed by atoms with Gasteiger partial charge in [-0.15, -0.1) is 0 Å². The molecule has 0 saturated heterocycles. The highest BCUT2D eigenvalue weighted by atomic mass is 79.9. The molecule has 3 aromatic carbocycles. The third kappa shape index (κ3) is 3.08. The molecule has 1 aliphatic heterocycles. The minimum Gasteiger partial charge on any atom is -0.462 e. The van der Waals surface area contributed by atoms with E-state index in [4.69, 9.17) is 15.2 Å². The lowest BCUT2D eigenvalue weighted by Crippen LogP contribution is -2.27. The second kappa shape index (κ2) is 7.08. The average Bonchev–Trinajstić information content (AvgIpc) is 2.67. The van der Waals surface area contributed by atoms with Crippen LogP contribution in [0.3, 0.4) is 0 Å². The van der Waals surface area contributed by atoms with E-state index in [1.807, 2.05) is 60.7 Å². The molecule has 3 aromatic rings. The van der Waals surface area contributed by atoms with Gasteiger partial charge in [-0.1, -0.05) is 58.4 Å². The summed E-state index contributed by atoms with van der Waals surface area (Å²) in [5, 5.41) is 2.10. The normalized spacial score (nSPS) is 16.0. The van der Waals surface area contributed by atoms with Gasteiger partial charge < -0.3 is 15.2 Å². The summed E-state index contributed by atoms with van der Waals surface area (Å²) < 4.78 is 12.1. The zero-order chi connectivity index (χ0) is 19.0. The molecule has 2 N–H and O–H groups in total. The first-order valence-corrected chi connectivity index (χ1v) is 9.51. The van der Waals surface area contributed by atoms with E-state index in [2.05, 4.69) is 15.9 Å². The number of nitrogens with two attached hydrogens (primary N) is 1. The van der Waals surface area contributed by atoms with Crippen LogP contribution in [0.15, 0.2) is 76.6 Å². The van der Waals surface area contributed by atoms with E-state index in [1.54, 1.807) is 6.92 Å². The van der Waals surface area contributed by atoms with Crippen molar-refractivity contribution in [1.29, 1.82) is 0 Å². The van der Waals surface area contributed by atoms with Crippen molar-refractivity contribution in [3.8, 4) is 5.75 Å². The highest BCUT2D eigenvalue weighted by Gasteiger charge is 2.36. The lowest BCUT2D eigenvalue weighted by Gasteiger charge is -2.29. The van der Waals surface area contributed by atoms with E-state index in [1.165, 1.54) is 0 Å². The molecular weight excluding hydrogens is 406 g/mol. The number of hydrogen-bond donors (Lipinski definition) is 1. The number of rotatable bonds is 3. The molecule has 4 rings (SSSR count). The lowest BCUT2D eigenvalue weighted by molar-refractivity contribution is -0.139. The molecule has 0 aromatic heterocycles. The molecular formula is C22H18BrNO3. The summed E-state index contributed by atoms with van der Waals surface area (Å²) in [6.45, 7) is 2.04. The number of fused-ring (bicyclic) bond motifs is 3. The molecule has 0 bridgehead atoms. The monoisotopic (exact) mass is 423 g/mol. The summed E-state index contributed by atoms with van der Waals surface area (Å²) in [6, 6.07) is 19.8. The standard InChI is InChI=1S/C22H18BrNO3/c1-2-26-22(25)20-18(14-7-10-15(23)11-8-14)19-16-6-4-3-5-13(16)9-12-17(19)27-21(20)24/h3-12,18H,2,24H2,1H3. The van der Waals surface area contributed by atoms with E-state index in [0.29, 0.717) is 11.3 Å². The average molecular weight is 424 g/mol. The summed E-state index contributed by atoms with van der Waals surface area (Å²) >= 11 is 3.47. The van der Waals surface area contributed by atoms with Crippen LogP contribution in [0.4, 0.5) is 0 Å². The van der Waals surface area contributed by atoms with E-state index < -0.39 is 5.97 Å². The molecule has 0 aliphatic carbocycles. The van der Waals surface area contributed by atoms with Crippen LogP contribution < -0.4 is 10.5 Å². The molecule has 5 heteroatoms. The summed E-state index contributed by atoms with van der Waals surface area (Å²) in [5.74, 6) is -0.0789. The fourth-order valence-electron chi connectivity index (χ4n) is 3.54. The molecule has 1 unspecified atom stereocenters. The zero-order valence-corrected chi connectivity index (χ0v) is 16.3. The molecule has 1 atom stereocenters. The minimum absolute atomic E-state index is 0.0872. The van der Waals surface area contributed by atoms with E-state index in [9.17, 15) is 4.79 Å². The number of carbonyl (C=O) groups is 1. The third-order valence-corrected chi connectivity index (χ3v) is 5.22. The SMILES string of the molecule is CCOC(=O)C1=C(N)Oc2ccc3ccccc3c2C1c1ccc(Br)cc1. The largest absolute Gasteiger partial charge is 0.462 e. The maximum atomic E-state index is 12.8. The quantitative estimate of drug-likeness (QED) is 0.610. The third-order valence-electron chi connectivity index (χ3n) is 4.69. The Labute approximate surface area is 165 Å². The number of halogens is 1. The molecule has 0 radical (unpaired) electrons. The topological polar surface area (TPSA) is 61.5 Å². The smallest absolute Gasteiger partial charge is 0.340 e. The number of benzene rings is 3. The molecule has 27 heavy (non-hydrogen) atoms. The highest BCUT2D eigenvalue weighted by Crippen LogP contribution is 2.46. The molecule has 136 valence electrons. The van der Waals surface area contributed by atoms with Crippen LogP contribution in [-0.4, -0.2) is 12.6 Å². The van der Waals surface area contributed by atoms with Crippen LogP contribution in [0, 0.1) is 0 Å². The molecule has 0 saturated carbocycles. The number of esters is 1. The molecule has 0 amide bonds. The van der Waals surface area contributed by atoms with Gasteiger partial charge >= 0.3 is 5.97 Å². The predicted octanol–water partition coefficient (Wildman–Crippen LogP) is 4.86. The van der Waals surface area contributed by atoms with Gasteiger partial charge in [0, 0.05) is 10.0 Å². The Balaban J connectivity index is 2.01. The zero-order valence-electron chi connectivity index (χ0n) is 14.7. The van der Waals surface area contributed by atoms with Crippen molar-refractivity contribution in [1.82, 2.24) is 0 Å². The Morgan fingerprint density at radius 1 is 1.11 bits per heavy atom. The van der Waals surface area contributed by atoms with Gasteiger partial charge in [0.05, 0.1) is 12.5 Å². The second-order valence-electron chi connectivity index (χ2n) is 6.28. The molecule has 4 nitrogen and oxygen atoms in total. The molecule has 0 fully saturated rings. The number of ether oxygens (including phenoxy) is 2. The summed E-state index contributed by atoms with van der Waals surface area (Å²) in [6.07, 6.45) is 0. The van der Waals surface area contributed by atoms with Gasteiger partial charge in [-0.05, 0) is 41.5 Å². The Kier molecular flexibility index (Phi) is 4.62. The molecule has 1 heterocycles. The Morgan fingerprint density at radius 2 is 1.85 bits per heavy atom. The Hall–Kier alpha value is -2.79. The van der Waals surface area contributed by atoms with Gasteiger partial charge in [0.1, 0.15) is 11.3 Å². The van der Waals surface area contributed by atoms with Gasteiger partial charge in [-0.25, -0.2) is 4.79 Å². The lowest BCUT2D eigenvalue weighted by atomic mass is 9.80. The van der Waals surface area contributed by atoms with Crippen LogP contribution in [-0.2, 0) is 9.53 Å². The molecule has 0 spiro atoms. The minimum atomic E-state index is -0.457. The van der Waals surface area contributed by atoms with Gasteiger partial charge in [-0.2, -0.15) is 0 Å². The van der Waals surface area contributed by atoms with Crippen molar-refractivity contribution in [2.75, 3.05) is 6.61 Å². The first-order valence-electron chi connectivity index (χ1n) is 8.72. The fraction of sp³-hybridized carbons (Fsp3) is 0.136. The van der Waals surface area contributed by atoms with Crippen molar-refractivity contribution in [3.63, 3.8) is 0 Å². The highest BCUT2D eigenvalue weighted by molar-refractivity contribution is 9.10. The summed E-state index contributed by atoms with van der Waals surface area (Å²) in [4.78, 5) is 12.8. The Bertz CT molecular complexity index is 1060. The van der Waals surface area contributed by atoms with Crippen molar-refractivity contribution in [2.24, 2.45) is 5.73 Å². The second-order valence-corrected chi connectivity index (χ2v) is 7.20. The predicted molar refractivity (Wildman–Crippen MR) is 108 cm³/mol. The van der Waals surface area contributed by atoms with Crippen molar-refractivity contribution in [2.45, 2.75) is 12.8 Å². The van der Waals surface area contributed by atoms with Crippen LogP contribution in [0.2, 0.25) is 0 Å². The number of carbonyl (C=O) groups excluding carboxylic acids is 1. The van der Waals surface area contributed by atoms with Crippen molar-refractivity contribution >= 4 is 32.7 Å². The van der Waals surface area contributed by atoms with E-state index >= 15 is 0 Å². The van der Waals surface area contributed by atoms with Crippen LogP contribution in [0.25, 0.3) is 10.8 Å².